The zero-order chi connectivity index (χ0) is 24.7. The molecule has 9 heteroatoms. The highest BCUT2D eigenvalue weighted by Crippen LogP contribution is 2.28. The second-order valence-corrected chi connectivity index (χ2v) is 9.26. The van der Waals surface area contributed by atoms with Crippen LogP contribution in [0.5, 0.6) is 17.2 Å². The van der Waals surface area contributed by atoms with Gasteiger partial charge in [-0.2, -0.15) is 0 Å². The van der Waals surface area contributed by atoms with Gasteiger partial charge in [-0.05, 0) is 73.5 Å². The fraction of sp³-hybridized carbons (Fsp3) is 0.240. The number of benzene rings is 3. The zero-order valence-electron chi connectivity index (χ0n) is 19.5. The number of carbonyl (C=O) groups excluding carboxylic acids is 1. The minimum atomic E-state index is -3.75. The molecule has 0 saturated heterocycles. The van der Waals surface area contributed by atoms with E-state index in [0.29, 0.717) is 28.5 Å². The molecule has 3 rings (SSSR count). The third kappa shape index (κ3) is 6.20. The first-order valence-corrected chi connectivity index (χ1v) is 12.0. The summed E-state index contributed by atoms with van der Waals surface area (Å²) in [5, 5.41) is 2.76. The monoisotopic (exact) mass is 484 g/mol. The predicted molar refractivity (Wildman–Crippen MR) is 130 cm³/mol. The fourth-order valence-corrected chi connectivity index (χ4v) is 4.27. The van der Waals surface area contributed by atoms with Crippen molar-refractivity contribution in [1.82, 2.24) is 5.32 Å². The minimum absolute atomic E-state index is 0.0887. The van der Waals surface area contributed by atoms with Crippen LogP contribution in [-0.4, -0.2) is 35.2 Å². The largest absolute Gasteiger partial charge is 0.496 e. The van der Waals surface area contributed by atoms with E-state index >= 15 is 0 Å². The Balaban J connectivity index is 1.56. The van der Waals surface area contributed by atoms with Crippen LogP contribution < -0.4 is 24.2 Å². The van der Waals surface area contributed by atoms with Crippen molar-refractivity contribution >= 4 is 21.6 Å². The maximum atomic E-state index is 12.7. The normalized spacial score (nSPS) is 10.9. The van der Waals surface area contributed by atoms with E-state index in [9.17, 15) is 13.2 Å². The molecular formula is C25H28N2O6S. The molecule has 3 aromatic rings. The van der Waals surface area contributed by atoms with Gasteiger partial charge in [0.1, 0.15) is 17.2 Å². The first-order valence-electron chi connectivity index (χ1n) is 10.5. The topological polar surface area (TPSA) is 103 Å². The van der Waals surface area contributed by atoms with E-state index in [1.807, 2.05) is 19.9 Å². The molecule has 0 aliphatic rings. The van der Waals surface area contributed by atoms with Crippen LogP contribution in [0.15, 0.2) is 65.6 Å². The number of nitrogens with one attached hydrogen (secondary N) is 2. The van der Waals surface area contributed by atoms with Crippen molar-refractivity contribution < 1.29 is 27.4 Å². The molecule has 2 N–H and O–H groups in total. The van der Waals surface area contributed by atoms with Gasteiger partial charge in [0, 0.05) is 5.69 Å². The van der Waals surface area contributed by atoms with Crippen molar-refractivity contribution in [3.8, 4) is 17.2 Å². The molecule has 0 aliphatic carbocycles. The number of hydrogen-bond donors (Lipinski definition) is 2. The van der Waals surface area contributed by atoms with Crippen LogP contribution in [0, 0.1) is 13.8 Å². The van der Waals surface area contributed by atoms with E-state index in [2.05, 4.69) is 10.0 Å². The zero-order valence-corrected chi connectivity index (χ0v) is 20.4. The van der Waals surface area contributed by atoms with Crippen molar-refractivity contribution in [2.45, 2.75) is 25.3 Å². The standard InChI is InChI=1S/C25H28N2O6S/c1-17-8-9-19(14-18(17)2)27-34(29,30)21-12-10-20(11-13-21)33-16-25(28)26-15-22-23(31-3)6-5-7-24(22)32-4/h5-14,27H,15-16H2,1-4H3,(H,26,28). The van der Waals surface area contributed by atoms with E-state index in [1.165, 1.54) is 24.3 Å². The Bertz CT molecular complexity index is 1230. The number of amides is 1. The molecule has 0 saturated carbocycles. The summed E-state index contributed by atoms with van der Waals surface area (Å²) in [4.78, 5) is 12.3. The number of ether oxygens (including phenoxy) is 3. The van der Waals surface area contributed by atoms with E-state index in [0.717, 1.165) is 11.1 Å². The highest BCUT2D eigenvalue weighted by molar-refractivity contribution is 7.92. The molecule has 0 spiro atoms. The van der Waals surface area contributed by atoms with Crippen LogP contribution in [0.4, 0.5) is 5.69 Å². The van der Waals surface area contributed by atoms with E-state index in [-0.39, 0.29) is 24.0 Å². The molecule has 1 amide bonds. The van der Waals surface area contributed by atoms with E-state index in [4.69, 9.17) is 14.2 Å². The van der Waals surface area contributed by atoms with Gasteiger partial charge in [-0.1, -0.05) is 12.1 Å². The van der Waals surface area contributed by atoms with Crippen LogP contribution in [0.1, 0.15) is 16.7 Å². The van der Waals surface area contributed by atoms with Crippen molar-refractivity contribution in [1.29, 1.82) is 0 Å². The Hall–Kier alpha value is -3.72. The highest BCUT2D eigenvalue weighted by atomic mass is 32.2. The van der Waals surface area contributed by atoms with Gasteiger partial charge < -0.3 is 19.5 Å². The summed E-state index contributed by atoms with van der Waals surface area (Å²) in [6, 6.07) is 16.6. The van der Waals surface area contributed by atoms with Gasteiger partial charge in [0.05, 0.1) is 31.2 Å². The molecule has 0 heterocycles. The lowest BCUT2D eigenvalue weighted by Crippen LogP contribution is -2.28. The minimum Gasteiger partial charge on any atom is -0.496 e. The summed E-state index contributed by atoms with van der Waals surface area (Å²) in [7, 11) is -0.660. The number of methoxy groups -OCH3 is 2. The average molecular weight is 485 g/mol. The van der Waals surface area contributed by atoms with Gasteiger partial charge in [0.15, 0.2) is 6.61 Å². The number of rotatable bonds is 10. The van der Waals surface area contributed by atoms with Crippen molar-refractivity contribution in [2.24, 2.45) is 0 Å². The smallest absolute Gasteiger partial charge is 0.261 e. The third-order valence-electron chi connectivity index (χ3n) is 5.26. The Morgan fingerprint density at radius 2 is 1.53 bits per heavy atom. The first kappa shape index (κ1) is 24.9. The quantitative estimate of drug-likeness (QED) is 0.454. The second-order valence-electron chi connectivity index (χ2n) is 7.58. The molecule has 0 aromatic heterocycles. The third-order valence-corrected chi connectivity index (χ3v) is 6.65. The predicted octanol–water partition coefficient (Wildman–Crippen LogP) is 3.82. The van der Waals surface area contributed by atoms with Gasteiger partial charge in [0.2, 0.25) is 0 Å². The Morgan fingerprint density at radius 1 is 0.882 bits per heavy atom. The molecule has 0 radical (unpaired) electrons. The summed E-state index contributed by atoms with van der Waals surface area (Å²) in [5.74, 6) is 1.23. The van der Waals surface area contributed by atoms with Crippen molar-refractivity contribution in [3.05, 3.63) is 77.4 Å². The lowest BCUT2D eigenvalue weighted by molar-refractivity contribution is -0.123. The lowest BCUT2D eigenvalue weighted by atomic mass is 10.1. The molecule has 3 aromatic carbocycles. The van der Waals surface area contributed by atoms with Gasteiger partial charge >= 0.3 is 0 Å². The van der Waals surface area contributed by atoms with Gasteiger partial charge in [-0.25, -0.2) is 8.42 Å². The van der Waals surface area contributed by atoms with Gasteiger partial charge in [-0.3, -0.25) is 9.52 Å². The second kappa shape index (κ2) is 10.9. The van der Waals surface area contributed by atoms with Gasteiger partial charge in [-0.15, -0.1) is 0 Å². The molecule has 0 atom stereocenters. The maximum Gasteiger partial charge on any atom is 0.261 e. The molecule has 0 bridgehead atoms. The SMILES string of the molecule is COc1cccc(OC)c1CNC(=O)COc1ccc(S(=O)(=O)Nc2ccc(C)c(C)c2)cc1. The summed E-state index contributed by atoms with van der Waals surface area (Å²) >= 11 is 0. The van der Waals surface area contributed by atoms with E-state index < -0.39 is 10.0 Å². The highest BCUT2D eigenvalue weighted by Gasteiger charge is 2.15. The van der Waals surface area contributed by atoms with Crippen LogP contribution in [-0.2, 0) is 21.4 Å². The van der Waals surface area contributed by atoms with Crippen LogP contribution in [0.25, 0.3) is 0 Å². The number of aryl methyl sites for hydroxylation is 2. The van der Waals surface area contributed by atoms with Crippen LogP contribution in [0.3, 0.4) is 0 Å². The number of carbonyl (C=O) groups is 1. The average Bonchev–Trinajstić information content (AvgIpc) is 2.83. The Kier molecular flexibility index (Phi) is 8.01. The first-order chi connectivity index (χ1) is 16.2. The summed E-state index contributed by atoms with van der Waals surface area (Å²) in [6.45, 7) is 3.85. The number of anilines is 1. The Morgan fingerprint density at radius 3 is 2.12 bits per heavy atom. The van der Waals surface area contributed by atoms with Gasteiger partial charge in [0.25, 0.3) is 15.9 Å². The summed E-state index contributed by atoms with van der Waals surface area (Å²) in [5.41, 5.74) is 3.28. The molecule has 8 nitrogen and oxygen atoms in total. The molecule has 34 heavy (non-hydrogen) atoms. The molecule has 0 fully saturated rings. The number of hydrogen-bond acceptors (Lipinski definition) is 6. The van der Waals surface area contributed by atoms with Crippen molar-refractivity contribution in [3.63, 3.8) is 0 Å². The van der Waals surface area contributed by atoms with Crippen LogP contribution >= 0.6 is 0 Å². The molecular weight excluding hydrogens is 456 g/mol. The lowest BCUT2D eigenvalue weighted by Gasteiger charge is -2.14. The van der Waals surface area contributed by atoms with Crippen molar-refractivity contribution in [2.75, 3.05) is 25.5 Å². The Labute approximate surface area is 199 Å². The summed E-state index contributed by atoms with van der Waals surface area (Å²) in [6.07, 6.45) is 0. The van der Waals surface area contributed by atoms with Crippen LogP contribution in [0.2, 0.25) is 0 Å². The summed E-state index contributed by atoms with van der Waals surface area (Å²) < 4.78 is 44.0. The molecule has 0 unspecified atom stereocenters. The number of sulfonamides is 1. The molecule has 180 valence electrons. The fourth-order valence-electron chi connectivity index (χ4n) is 3.22. The molecule has 0 aliphatic heterocycles. The van der Waals surface area contributed by atoms with E-state index in [1.54, 1.807) is 44.6 Å². The maximum absolute atomic E-state index is 12.7.